The molecular weight excluding hydrogens is 270 g/mol. The number of piperidine rings is 1. The maximum absolute atomic E-state index is 5.39. The van der Waals surface area contributed by atoms with Crippen LogP contribution >= 0.6 is 11.3 Å². The Morgan fingerprint density at radius 1 is 1.45 bits per heavy atom. The Labute approximate surface area is 123 Å². The Kier molecular flexibility index (Phi) is 4.50. The second kappa shape index (κ2) is 6.52. The van der Waals surface area contributed by atoms with Crippen molar-refractivity contribution in [1.82, 2.24) is 15.2 Å². The zero-order valence-electron chi connectivity index (χ0n) is 11.8. The van der Waals surface area contributed by atoms with Crippen LogP contribution in [-0.2, 0) is 6.54 Å². The van der Waals surface area contributed by atoms with E-state index in [0.29, 0.717) is 0 Å². The topological polar surface area (TPSA) is 41.3 Å². The summed E-state index contributed by atoms with van der Waals surface area (Å²) >= 11 is 1.65. The van der Waals surface area contributed by atoms with Gasteiger partial charge in [0, 0.05) is 18.5 Å². The fourth-order valence-corrected chi connectivity index (χ4v) is 3.52. The monoisotopic (exact) mass is 291 g/mol. The molecule has 3 heterocycles. The molecule has 2 aromatic rings. The molecule has 0 amide bonds. The lowest BCUT2D eigenvalue weighted by molar-refractivity contribution is 0.233. The molecule has 3 rings (SSSR count). The highest BCUT2D eigenvalue weighted by Gasteiger charge is 2.16. The Morgan fingerprint density at radius 2 is 2.30 bits per heavy atom. The van der Waals surface area contributed by atoms with Gasteiger partial charge in [0.1, 0.15) is 0 Å². The molecule has 0 atom stereocenters. The van der Waals surface area contributed by atoms with Gasteiger partial charge < -0.3 is 14.6 Å². The highest BCUT2D eigenvalue weighted by molar-refractivity contribution is 7.13. The molecule has 1 saturated heterocycles. The third-order valence-electron chi connectivity index (χ3n) is 3.74. The number of thiazole rings is 1. The van der Waals surface area contributed by atoms with E-state index in [0.717, 1.165) is 48.6 Å². The van der Waals surface area contributed by atoms with Crippen LogP contribution in [0.2, 0.25) is 0 Å². The second-order valence-corrected chi connectivity index (χ2v) is 6.37. The summed E-state index contributed by atoms with van der Waals surface area (Å²) in [6.45, 7) is 4.41. The Bertz CT molecular complexity index is 517. The largest absolute Gasteiger partial charge is 0.462 e. The van der Waals surface area contributed by atoms with E-state index in [-0.39, 0.29) is 0 Å². The summed E-state index contributed by atoms with van der Waals surface area (Å²) < 4.78 is 5.39. The summed E-state index contributed by atoms with van der Waals surface area (Å²) in [4.78, 5) is 7.04. The summed E-state index contributed by atoms with van der Waals surface area (Å²) in [5.74, 6) is 1.69. The van der Waals surface area contributed by atoms with Gasteiger partial charge in [0.25, 0.3) is 0 Å². The number of aromatic nitrogens is 1. The minimum absolute atomic E-state index is 0.824. The van der Waals surface area contributed by atoms with Crippen LogP contribution in [0.1, 0.15) is 18.5 Å². The first kappa shape index (κ1) is 13.8. The predicted octanol–water partition coefficient (Wildman–Crippen LogP) is 2.83. The molecule has 2 aromatic heterocycles. The molecule has 108 valence electrons. The van der Waals surface area contributed by atoms with Gasteiger partial charge in [-0.1, -0.05) is 0 Å². The molecule has 1 aliphatic heterocycles. The van der Waals surface area contributed by atoms with Crippen LogP contribution in [0.4, 0.5) is 0 Å². The number of rotatable bonds is 5. The number of hydrogen-bond donors (Lipinski definition) is 1. The van der Waals surface area contributed by atoms with Crippen molar-refractivity contribution in [2.75, 3.05) is 26.7 Å². The molecule has 0 spiro atoms. The fraction of sp³-hybridized carbons (Fsp3) is 0.533. The van der Waals surface area contributed by atoms with Gasteiger partial charge in [-0.3, -0.25) is 0 Å². The average molecular weight is 291 g/mol. The smallest absolute Gasteiger partial charge is 0.162 e. The van der Waals surface area contributed by atoms with Crippen LogP contribution in [-0.4, -0.2) is 36.6 Å². The summed E-state index contributed by atoms with van der Waals surface area (Å²) in [6.07, 6.45) is 4.28. The van der Waals surface area contributed by atoms with Gasteiger partial charge in [-0.2, -0.15) is 0 Å². The normalized spacial score (nSPS) is 16.9. The predicted molar refractivity (Wildman–Crippen MR) is 81.7 cm³/mol. The minimum atomic E-state index is 0.824. The summed E-state index contributed by atoms with van der Waals surface area (Å²) in [5, 5.41) is 6.53. The Balaban J connectivity index is 1.54. The van der Waals surface area contributed by atoms with Crippen molar-refractivity contribution >= 4 is 11.3 Å². The van der Waals surface area contributed by atoms with Crippen LogP contribution in [0.25, 0.3) is 10.8 Å². The Hall–Kier alpha value is -1.17. The van der Waals surface area contributed by atoms with Crippen LogP contribution in [0.3, 0.4) is 0 Å². The van der Waals surface area contributed by atoms with Gasteiger partial charge in [-0.25, -0.2) is 4.98 Å². The number of nitrogens with zero attached hydrogens (tertiary/aromatic N) is 2. The van der Waals surface area contributed by atoms with Crippen molar-refractivity contribution in [2.45, 2.75) is 19.4 Å². The summed E-state index contributed by atoms with van der Waals surface area (Å²) in [6, 6.07) is 3.86. The lowest BCUT2D eigenvalue weighted by Crippen LogP contribution is -2.34. The van der Waals surface area contributed by atoms with E-state index in [1.165, 1.54) is 12.8 Å². The standard InChI is InChI=1S/C15H21N3OS/c1-18(9-12-4-6-16-7-5-12)10-13-11-20-15(17-13)14-3-2-8-19-14/h2-3,8,11-12,16H,4-7,9-10H2,1H3. The van der Waals surface area contributed by atoms with Crippen molar-refractivity contribution in [3.8, 4) is 10.8 Å². The number of nitrogens with one attached hydrogen (secondary N) is 1. The molecule has 1 aliphatic rings. The average Bonchev–Trinajstić information content (AvgIpc) is 3.10. The molecule has 1 fully saturated rings. The molecule has 0 aliphatic carbocycles. The third-order valence-corrected chi connectivity index (χ3v) is 4.65. The molecule has 20 heavy (non-hydrogen) atoms. The lowest BCUT2D eigenvalue weighted by Gasteiger charge is -2.27. The van der Waals surface area contributed by atoms with Crippen molar-refractivity contribution in [3.05, 3.63) is 29.5 Å². The van der Waals surface area contributed by atoms with Gasteiger partial charge in [0.15, 0.2) is 10.8 Å². The molecule has 4 nitrogen and oxygen atoms in total. The molecular formula is C15H21N3OS. The molecule has 0 saturated carbocycles. The maximum Gasteiger partial charge on any atom is 0.162 e. The number of furan rings is 1. The minimum Gasteiger partial charge on any atom is -0.462 e. The first-order valence-corrected chi connectivity index (χ1v) is 8.07. The SMILES string of the molecule is CN(Cc1csc(-c2ccco2)n1)CC1CCNCC1. The highest BCUT2D eigenvalue weighted by atomic mass is 32.1. The maximum atomic E-state index is 5.39. The van der Waals surface area contributed by atoms with Crippen LogP contribution in [0, 0.1) is 5.92 Å². The number of hydrogen-bond acceptors (Lipinski definition) is 5. The third kappa shape index (κ3) is 3.48. The Morgan fingerprint density at radius 3 is 3.05 bits per heavy atom. The molecule has 0 unspecified atom stereocenters. The molecule has 1 N–H and O–H groups in total. The zero-order valence-corrected chi connectivity index (χ0v) is 12.7. The molecule has 0 aromatic carbocycles. The second-order valence-electron chi connectivity index (χ2n) is 5.51. The van der Waals surface area contributed by atoms with E-state index >= 15 is 0 Å². The molecule has 0 radical (unpaired) electrons. The van der Waals surface area contributed by atoms with Gasteiger partial charge in [0.05, 0.1) is 12.0 Å². The van der Waals surface area contributed by atoms with Crippen LogP contribution < -0.4 is 5.32 Å². The van der Waals surface area contributed by atoms with Crippen molar-refractivity contribution in [3.63, 3.8) is 0 Å². The summed E-state index contributed by atoms with van der Waals surface area (Å²) in [7, 11) is 2.19. The van der Waals surface area contributed by atoms with E-state index < -0.39 is 0 Å². The highest BCUT2D eigenvalue weighted by Crippen LogP contribution is 2.24. The van der Waals surface area contributed by atoms with Gasteiger partial charge in [-0.05, 0) is 51.0 Å². The van der Waals surface area contributed by atoms with Crippen LogP contribution in [0.5, 0.6) is 0 Å². The summed E-state index contributed by atoms with van der Waals surface area (Å²) in [5.41, 5.74) is 1.14. The molecule has 5 heteroatoms. The quantitative estimate of drug-likeness (QED) is 0.920. The lowest BCUT2D eigenvalue weighted by atomic mass is 9.98. The van der Waals surface area contributed by atoms with Crippen LogP contribution in [0.15, 0.2) is 28.2 Å². The van der Waals surface area contributed by atoms with E-state index in [4.69, 9.17) is 4.42 Å². The van der Waals surface area contributed by atoms with Gasteiger partial charge in [0.2, 0.25) is 0 Å². The first-order valence-electron chi connectivity index (χ1n) is 7.19. The molecule has 0 bridgehead atoms. The zero-order chi connectivity index (χ0) is 13.8. The first-order chi connectivity index (χ1) is 9.81. The van der Waals surface area contributed by atoms with E-state index in [1.54, 1.807) is 17.6 Å². The van der Waals surface area contributed by atoms with Crippen molar-refractivity contribution in [1.29, 1.82) is 0 Å². The fourth-order valence-electron chi connectivity index (χ4n) is 2.74. The van der Waals surface area contributed by atoms with Gasteiger partial charge in [-0.15, -0.1) is 11.3 Å². The van der Waals surface area contributed by atoms with Gasteiger partial charge >= 0.3 is 0 Å². The van der Waals surface area contributed by atoms with Crippen molar-refractivity contribution in [2.24, 2.45) is 5.92 Å². The van der Waals surface area contributed by atoms with E-state index in [2.05, 4.69) is 27.6 Å². The van der Waals surface area contributed by atoms with E-state index in [9.17, 15) is 0 Å². The van der Waals surface area contributed by atoms with E-state index in [1.807, 2.05) is 12.1 Å². The van der Waals surface area contributed by atoms with Crippen molar-refractivity contribution < 1.29 is 4.42 Å².